The normalized spacial score (nSPS) is 27.3. The Hall–Kier alpha value is -2.34. The maximum atomic E-state index is 13.9. The predicted octanol–water partition coefficient (Wildman–Crippen LogP) is 3.51. The fourth-order valence-corrected chi connectivity index (χ4v) is 6.15. The topological polar surface area (TPSA) is 76.7 Å². The lowest BCUT2D eigenvalue weighted by molar-refractivity contribution is -0.135. The molecule has 0 spiro atoms. The van der Waals surface area contributed by atoms with Gasteiger partial charge in [0.1, 0.15) is 5.84 Å². The molecule has 0 unspecified atom stereocenters. The summed E-state index contributed by atoms with van der Waals surface area (Å²) in [7, 11) is 2.16. The van der Waals surface area contributed by atoms with Crippen molar-refractivity contribution in [1.29, 1.82) is 5.41 Å². The van der Waals surface area contributed by atoms with Crippen molar-refractivity contribution >= 4 is 11.7 Å². The lowest BCUT2D eigenvalue weighted by Gasteiger charge is -2.40. The molecule has 3 N–H and O–H groups in total. The summed E-state index contributed by atoms with van der Waals surface area (Å²) in [5, 5.41) is 8.73. The van der Waals surface area contributed by atoms with Crippen LogP contribution in [0.1, 0.15) is 68.4 Å². The number of rotatable bonds is 5. The molecule has 2 aliphatic heterocycles. The molecule has 2 saturated heterocycles. The van der Waals surface area contributed by atoms with Gasteiger partial charge >= 0.3 is 0 Å². The number of hydrogen-bond acceptors (Lipinski definition) is 4. The number of nitrogens with two attached hydrogens (primary N) is 1. The minimum absolute atomic E-state index is 0.107. The van der Waals surface area contributed by atoms with E-state index in [1.54, 1.807) is 0 Å². The lowest BCUT2D eigenvalue weighted by atomic mass is 9.87. The SMILES string of the molecule is C[C@@H]1CCC(N)=C1C(=N)N1CCN(C(=O)[C@@H](c2ccc(C3CC3)cc2)[C@@H]2CCCN2C)CC1. The number of carbonyl (C=O) groups is 1. The summed E-state index contributed by atoms with van der Waals surface area (Å²) >= 11 is 0. The van der Waals surface area contributed by atoms with Crippen LogP contribution >= 0.6 is 0 Å². The van der Waals surface area contributed by atoms with Gasteiger partial charge in [-0.3, -0.25) is 10.2 Å². The summed E-state index contributed by atoms with van der Waals surface area (Å²) in [5.41, 5.74) is 10.7. The molecule has 3 fully saturated rings. The Bertz CT molecular complexity index is 926. The quantitative estimate of drug-likeness (QED) is 0.533. The highest BCUT2D eigenvalue weighted by Crippen LogP contribution is 2.41. The van der Waals surface area contributed by atoms with Crippen molar-refractivity contribution in [1.82, 2.24) is 14.7 Å². The Morgan fingerprint density at radius 2 is 1.67 bits per heavy atom. The minimum atomic E-state index is -0.107. The van der Waals surface area contributed by atoms with E-state index in [0.29, 0.717) is 37.9 Å². The number of likely N-dealkylation sites (N-methyl/N-ethyl adjacent to an activating group) is 1. The summed E-state index contributed by atoms with van der Waals surface area (Å²) in [6.07, 6.45) is 6.77. The highest BCUT2D eigenvalue weighted by molar-refractivity contribution is 5.97. The van der Waals surface area contributed by atoms with Crippen molar-refractivity contribution in [3.63, 3.8) is 0 Å². The number of piperazine rings is 1. The molecule has 33 heavy (non-hydrogen) atoms. The molecule has 2 heterocycles. The van der Waals surface area contributed by atoms with Gasteiger partial charge < -0.3 is 20.4 Å². The third-order valence-corrected chi connectivity index (χ3v) is 8.42. The molecule has 2 aliphatic carbocycles. The van der Waals surface area contributed by atoms with Gasteiger partial charge in [0.05, 0.1) is 5.92 Å². The van der Waals surface area contributed by atoms with Gasteiger partial charge in [0, 0.05) is 43.5 Å². The van der Waals surface area contributed by atoms with Gasteiger partial charge in [-0.1, -0.05) is 31.2 Å². The number of nitrogens with zero attached hydrogens (tertiary/aromatic N) is 3. The maximum absolute atomic E-state index is 13.9. The summed E-state index contributed by atoms with van der Waals surface area (Å²) in [5.74, 6) is 1.82. The van der Waals surface area contributed by atoms with Gasteiger partial charge in [-0.25, -0.2) is 0 Å². The molecule has 5 rings (SSSR count). The Morgan fingerprint density at radius 1 is 1.00 bits per heavy atom. The standard InChI is InChI=1S/C27H39N5O/c1-18-5-12-22(28)24(18)26(29)31-14-16-32(17-15-31)27(33)25(23-4-3-13-30(23)2)21-10-8-20(9-11-21)19-6-7-19/h8-11,18-19,23,25,29H,3-7,12-17,28H2,1-2H3/t18-,23+,25+/m1/s1. The van der Waals surface area contributed by atoms with Crippen molar-refractivity contribution in [3.8, 4) is 0 Å². The number of allylic oxidation sites excluding steroid dienone is 1. The molecule has 0 radical (unpaired) electrons. The van der Waals surface area contributed by atoms with Crippen molar-refractivity contribution in [2.24, 2.45) is 11.7 Å². The molecule has 1 saturated carbocycles. The molecule has 1 amide bonds. The van der Waals surface area contributed by atoms with E-state index < -0.39 is 0 Å². The number of amidine groups is 1. The van der Waals surface area contributed by atoms with Crippen molar-refractivity contribution in [2.45, 2.75) is 63.3 Å². The van der Waals surface area contributed by atoms with Crippen molar-refractivity contribution in [3.05, 3.63) is 46.7 Å². The fraction of sp³-hybridized carbons (Fsp3) is 0.630. The lowest BCUT2D eigenvalue weighted by Crippen LogP contribution is -2.53. The number of benzene rings is 1. The van der Waals surface area contributed by atoms with Gasteiger partial charge in [-0.05, 0) is 75.1 Å². The van der Waals surface area contributed by atoms with E-state index in [-0.39, 0.29) is 17.9 Å². The van der Waals surface area contributed by atoms with Gasteiger partial charge in [-0.2, -0.15) is 0 Å². The van der Waals surface area contributed by atoms with Crippen LogP contribution in [0.4, 0.5) is 0 Å². The van der Waals surface area contributed by atoms with E-state index >= 15 is 0 Å². The van der Waals surface area contributed by atoms with Crippen LogP contribution in [0.15, 0.2) is 35.5 Å². The Morgan fingerprint density at radius 3 is 2.21 bits per heavy atom. The van der Waals surface area contributed by atoms with E-state index in [9.17, 15) is 4.79 Å². The second-order valence-electron chi connectivity index (χ2n) is 10.6. The third-order valence-electron chi connectivity index (χ3n) is 8.42. The molecule has 0 aromatic heterocycles. The number of carbonyl (C=O) groups excluding carboxylic acids is 1. The molecule has 3 atom stereocenters. The van der Waals surface area contributed by atoms with Crippen molar-refractivity contribution in [2.75, 3.05) is 39.8 Å². The molecule has 6 heteroatoms. The first kappa shape index (κ1) is 22.5. The average molecular weight is 450 g/mol. The van der Waals surface area contributed by atoms with Gasteiger partial charge in [0.25, 0.3) is 0 Å². The van der Waals surface area contributed by atoms with Crippen LogP contribution in [0.2, 0.25) is 0 Å². The Kier molecular flexibility index (Phi) is 6.21. The van der Waals surface area contributed by atoms with Gasteiger partial charge in [0.2, 0.25) is 5.91 Å². The maximum Gasteiger partial charge on any atom is 0.231 e. The molecule has 178 valence electrons. The van der Waals surface area contributed by atoms with Crippen LogP contribution in [-0.2, 0) is 4.79 Å². The zero-order valence-corrected chi connectivity index (χ0v) is 20.2. The van der Waals surface area contributed by atoms with Crippen LogP contribution in [-0.4, -0.2) is 72.3 Å². The van der Waals surface area contributed by atoms with Crippen LogP contribution in [0, 0.1) is 11.3 Å². The molecule has 6 nitrogen and oxygen atoms in total. The molecule has 1 aromatic rings. The summed E-state index contributed by atoms with van der Waals surface area (Å²) in [6.45, 7) is 6.00. The van der Waals surface area contributed by atoms with E-state index in [4.69, 9.17) is 11.1 Å². The molecule has 1 aromatic carbocycles. The van der Waals surface area contributed by atoms with E-state index in [0.717, 1.165) is 55.0 Å². The highest BCUT2D eigenvalue weighted by Gasteiger charge is 2.39. The molecule has 0 bridgehead atoms. The van der Waals surface area contributed by atoms with Crippen LogP contribution in [0.25, 0.3) is 0 Å². The zero-order valence-electron chi connectivity index (χ0n) is 20.2. The van der Waals surface area contributed by atoms with Crippen molar-refractivity contribution < 1.29 is 4.79 Å². The minimum Gasteiger partial charge on any atom is -0.402 e. The second kappa shape index (κ2) is 9.13. The third kappa shape index (κ3) is 4.42. The van der Waals surface area contributed by atoms with E-state index in [1.807, 2.05) is 4.90 Å². The summed E-state index contributed by atoms with van der Waals surface area (Å²) in [4.78, 5) is 20.4. The first-order valence-electron chi connectivity index (χ1n) is 12.8. The number of nitrogens with one attached hydrogen (secondary N) is 1. The van der Waals surface area contributed by atoms with E-state index in [1.165, 1.54) is 18.4 Å². The molecular weight excluding hydrogens is 410 g/mol. The van der Waals surface area contributed by atoms with Gasteiger partial charge in [0.15, 0.2) is 0 Å². The number of likely N-dealkylation sites (tertiary alicyclic amines) is 1. The number of amides is 1. The highest BCUT2D eigenvalue weighted by atomic mass is 16.2. The summed E-state index contributed by atoms with van der Waals surface area (Å²) < 4.78 is 0. The molecule has 4 aliphatic rings. The first-order valence-corrected chi connectivity index (χ1v) is 12.8. The van der Waals surface area contributed by atoms with Crippen LogP contribution in [0.3, 0.4) is 0 Å². The number of hydrogen-bond donors (Lipinski definition) is 2. The zero-order chi connectivity index (χ0) is 23.1. The smallest absolute Gasteiger partial charge is 0.231 e. The summed E-state index contributed by atoms with van der Waals surface area (Å²) in [6, 6.07) is 9.20. The Balaban J connectivity index is 1.29. The van der Waals surface area contributed by atoms with Crippen LogP contribution < -0.4 is 5.73 Å². The van der Waals surface area contributed by atoms with Gasteiger partial charge in [-0.15, -0.1) is 0 Å². The molecular formula is C27H39N5O. The van der Waals surface area contributed by atoms with E-state index in [2.05, 4.69) is 48.0 Å². The Labute approximate surface area is 198 Å². The fourth-order valence-electron chi connectivity index (χ4n) is 6.15. The predicted molar refractivity (Wildman–Crippen MR) is 132 cm³/mol. The second-order valence-corrected chi connectivity index (χ2v) is 10.6. The van der Waals surface area contributed by atoms with Crippen LogP contribution in [0.5, 0.6) is 0 Å². The monoisotopic (exact) mass is 449 g/mol. The first-order chi connectivity index (χ1) is 15.9. The largest absolute Gasteiger partial charge is 0.402 e. The average Bonchev–Trinajstić information content (AvgIpc) is 3.52.